The van der Waals surface area contributed by atoms with Crippen molar-refractivity contribution in [3.05, 3.63) is 12.4 Å². The molecule has 1 heterocycles. The summed E-state index contributed by atoms with van der Waals surface area (Å²) in [5.41, 5.74) is 0. The van der Waals surface area contributed by atoms with Crippen LogP contribution in [-0.2, 0) is 21.2 Å². The second-order valence-corrected chi connectivity index (χ2v) is 5.44. The topological polar surface area (TPSA) is 109 Å². The molecular formula is C8H12N2O5S. The molecule has 0 amide bonds. The van der Waals surface area contributed by atoms with Gasteiger partial charge in [-0.25, -0.2) is 8.42 Å². The summed E-state index contributed by atoms with van der Waals surface area (Å²) in [6, 6.07) is 0. The molecule has 2 N–H and O–H groups in total. The minimum absolute atomic E-state index is 0.0371. The normalized spacial score (nSPS) is 13.6. The maximum atomic E-state index is 11.1. The Morgan fingerprint density at radius 2 is 2.25 bits per heavy atom. The molecule has 1 rings (SSSR count). The molecule has 0 aliphatic rings. The van der Waals surface area contributed by atoms with Crippen molar-refractivity contribution in [1.29, 1.82) is 0 Å². The average Bonchev–Trinajstić information content (AvgIpc) is 2.49. The lowest BCUT2D eigenvalue weighted by molar-refractivity contribution is -0.139. The van der Waals surface area contributed by atoms with E-state index in [0.29, 0.717) is 0 Å². The van der Waals surface area contributed by atoms with E-state index in [1.807, 2.05) is 0 Å². The predicted molar refractivity (Wildman–Crippen MR) is 53.6 cm³/mol. The molecule has 0 aliphatic heterocycles. The van der Waals surface area contributed by atoms with Gasteiger partial charge in [-0.3, -0.25) is 9.48 Å². The molecule has 0 aromatic carbocycles. The minimum atomic E-state index is -3.32. The molecule has 0 bridgehead atoms. The lowest BCUT2D eigenvalue weighted by atomic mass is 10.2. The van der Waals surface area contributed by atoms with Gasteiger partial charge in [-0.05, 0) is 0 Å². The molecule has 7 nitrogen and oxygen atoms in total. The molecule has 1 aromatic rings. The van der Waals surface area contributed by atoms with E-state index in [4.69, 9.17) is 5.11 Å². The van der Waals surface area contributed by atoms with Crippen molar-refractivity contribution >= 4 is 15.8 Å². The van der Waals surface area contributed by atoms with Crippen LogP contribution >= 0.6 is 0 Å². The van der Waals surface area contributed by atoms with Crippen LogP contribution in [0.2, 0.25) is 0 Å². The van der Waals surface area contributed by atoms with Crippen LogP contribution in [0, 0.1) is 0 Å². The van der Waals surface area contributed by atoms with Crippen LogP contribution in [0.25, 0.3) is 0 Å². The van der Waals surface area contributed by atoms with Crippen LogP contribution < -0.4 is 0 Å². The first kappa shape index (κ1) is 12.7. The number of carbonyl (C=O) groups is 1. The number of rotatable bonds is 5. The molecule has 0 saturated carbocycles. The Hall–Kier alpha value is -1.41. The van der Waals surface area contributed by atoms with E-state index in [0.717, 1.165) is 12.5 Å². The molecule has 16 heavy (non-hydrogen) atoms. The molecule has 0 saturated heterocycles. The lowest BCUT2D eigenvalue weighted by Gasteiger charge is -2.06. The van der Waals surface area contributed by atoms with Crippen molar-refractivity contribution in [2.24, 2.45) is 0 Å². The molecule has 0 fully saturated rings. The average molecular weight is 248 g/mol. The number of aromatic nitrogens is 2. The van der Waals surface area contributed by atoms with Crippen molar-refractivity contribution in [3.63, 3.8) is 0 Å². The standard InChI is InChI=1S/C8H12N2O5S/c1-16(14,15)7-3-9-10(5-7)4-6(11)2-8(12)13/h3,5-6,11H,2,4H2,1H3,(H,12,13). The Balaban J connectivity index is 2.69. The highest BCUT2D eigenvalue weighted by atomic mass is 32.2. The van der Waals surface area contributed by atoms with Gasteiger partial charge in [-0.1, -0.05) is 0 Å². The van der Waals surface area contributed by atoms with Crippen LogP contribution in [0.1, 0.15) is 6.42 Å². The summed E-state index contributed by atoms with van der Waals surface area (Å²) in [5, 5.41) is 21.4. The number of aliphatic carboxylic acids is 1. The third-order valence-corrected chi connectivity index (χ3v) is 2.91. The predicted octanol–water partition coefficient (Wildman–Crippen LogP) is -0.878. The van der Waals surface area contributed by atoms with E-state index in [1.54, 1.807) is 0 Å². The smallest absolute Gasteiger partial charge is 0.306 e. The zero-order valence-electron chi connectivity index (χ0n) is 8.57. The number of carboxylic acids is 1. The Kier molecular flexibility index (Phi) is 3.66. The monoisotopic (exact) mass is 248 g/mol. The maximum Gasteiger partial charge on any atom is 0.306 e. The molecule has 1 aromatic heterocycles. The summed E-state index contributed by atoms with van der Waals surface area (Å²) < 4.78 is 23.4. The number of carboxylic acid groups (broad SMARTS) is 1. The van der Waals surface area contributed by atoms with Gasteiger partial charge >= 0.3 is 5.97 Å². The second kappa shape index (κ2) is 4.62. The number of sulfone groups is 1. The van der Waals surface area contributed by atoms with E-state index in [9.17, 15) is 18.3 Å². The summed E-state index contributed by atoms with van der Waals surface area (Å²) in [6.45, 7) is -0.0537. The summed E-state index contributed by atoms with van der Waals surface area (Å²) in [4.78, 5) is 10.3. The fourth-order valence-electron chi connectivity index (χ4n) is 1.12. The highest BCUT2D eigenvalue weighted by Gasteiger charge is 2.13. The largest absolute Gasteiger partial charge is 0.481 e. The van der Waals surface area contributed by atoms with Crippen LogP contribution in [0.15, 0.2) is 17.3 Å². The number of aliphatic hydroxyl groups excluding tert-OH is 1. The van der Waals surface area contributed by atoms with Gasteiger partial charge < -0.3 is 10.2 Å². The zero-order valence-corrected chi connectivity index (χ0v) is 9.38. The highest BCUT2D eigenvalue weighted by molar-refractivity contribution is 7.90. The summed E-state index contributed by atoms with van der Waals surface area (Å²) in [5.74, 6) is -1.12. The van der Waals surface area contributed by atoms with Crippen LogP contribution in [0.4, 0.5) is 0 Å². The number of hydrogen-bond donors (Lipinski definition) is 2. The van der Waals surface area contributed by atoms with Crippen molar-refractivity contribution in [2.75, 3.05) is 6.26 Å². The Morgan fingerprint density at radius 3 is 2.69 bits per heavy atom. The molecule has 8 heteroatoms. The SMILES string of the molecule is CS(=O)(=O)c1cnn(CC(O)CC(=O)O)c1. The summed E-state index contributed by atoms with van der Waals surface area (Å²) in [7, 11) is -3.32. The van der Waals surface area contributed by atoms with Crippen LogP contribution in [0.5, 0.6) is 0 Å². The first-order chi connectivity index (χ1) is 7.29. The first-order valence-electron chi connectivity index (χ1n) is 4.41. The van der Waals surface area contributed by atoms with E-state index < -0.39 is 28.3 Å². The minimum Gasteiger partial charge on any atom is -0.481 e. The molecule has 0 aliphatic carbocycles. The molecule has 0 spiro atoms. The molecular weight excluding hydrogens is 236 g/mol. The van der Waals surface area contributed by atoms with E-state index >= 15 is 0 Å². The van der Waals surface area contributed by atoms with Crippen molar-refractivity contribution in [2.45, 2.75) is 24.0 Å². The third-order valence-electron chi connectivity index (χ3n) is 1.85. The Morgan fingerprint density at radius 1 is 1.62 bits per heavy atom. The lowest BCUT2D eigenvalue weighted by Crippen LogP contribution is -2.19. The number of nitrogens with zero attached hydrogens (tertiary/aromatic N) is 2. The van der Waals surface area contributed by atoms with Gasteiger partial charge in [0.05, 0.1) is 25.3 Å². The number of hydrogen-bond acceptors (Lipinski definition) is 5. The summed E-state index contributed by atoms with van der Waals surface area (Å²) in [6.07, 6.45) is 1.95. The molecule has 0 radical (unpaired) electrons. The van der Waals surface area contributed by atoms with Crippen molar-refractivity contribution < 1.29 is 23.4 Å². The summed E-state index contributed by atoms with van der Waals surface area (Å²) >= 11 is 0. The Labute approximate surface area is 92.2 Å². The van der Waals surface area contributed by atoms with Gasteiger partial charge in [0.1, 0.15) is 4.90 Å². The van der Waals surface area contributed by atoms with Gasteiger partial charge in [-0.2, -0.15) is 5.10 Å². The fourth-order valence-corrected chi connectivity index (χ4v) is 1.67. The third kappa shape index (κ3) is 3.63. The van der Waals surface area contributed by atoms with Gasteiger partial charge in [0.2, 0.25) is 0 Å². The van der Waals surface area contributed by atoms with Gasteiger partial charge in [0, 0.05) is 12.5 Å². The Bertz CT molecular complexity index is 478. The molecule has 1 atom stereocenters. The van der Waals surface area contributed by atoms with E-state index in [1.165, 1.54) is 10.9 Å². The highest BCUT2D eigenvalue weighted by Crippen LogP contribution is 2.07. The molecule has 90 valence electrons. The van der Waals surface area contributed by atoms with Gasteiger partial charge in [0.15, 0.2) is 9.84 Å². The maximum absolute atomic E-state index is 11.1. The van der Waals surface area contributed by atoms with Gasteiger partial charge in [-0.15, -0.1) is 0 Å². The van der Waals surface area contributed by atoms with Crippen molar-refractivity contribution in [1.82, 2.24) is 9.78 Å². The zero-order chi connectivity index (χ0) is 12.3. The van der Waals surface area contributed by atoms with E-state index in [-0.39, 0.29) is 11.4 Å². The van der Waals surface area contributed by atoms with E-state index in [2.05, 4.69) is 5.10 Å². The second-order valence-electron chi connectivity index (χ2n) is 3.42. The van der Waals surface area contributed by atoms with Crippen LogP contribution in [-0.4, -0.2) is 46.7 Å². The quantitative estimate of drug-likeness (QED) is 0.700. The number of aliphatic hydroxyl groups is 1. The van der Waals surface area contributed by atoms with Crippen molar-refractivity contribution in [3.8, 4) is 0 Å². The molecule has 1 unspecified atom stereocenters. The fraction of sp³-hybridized carbons (Fsp3) is 0.500. The van der Waals surface area contributed by atoms with Gasteiger partial charge in [0.25, 0.3) is 0 Å². The van der Waals surface area contributed by atoms with Crippen LogP contribution in [0.3, 0.4) is 0 Å². The first-order valence-corrected chi connectivity index (χ1v) is 6.30.